The lowest BCUT2D eigenvalue weighted by Gasteiger charge is -2.26. The fourth-order valence-electron chi connectivity index (χ4n) is 5.18. The van der Waals surface area contributed by atoms with E-state index in [1.807, 2.05) is 13.8 Å². The lowest BCUT2D eigenvalue weighted by molar-refractivity contribution is -0.143. The van der Waals surface area contributed by atoms with Crippen LogP contribution in [0, 0.1) is 5.82 Å². The third-order valence-electron chi connectivity index (χ3n) is 7.63. The van der Waals surface area contributed by atoms with Gasteiger partial charge in [-0.1, -0.05) is 19.9 Å². The van der Waals surface area contributed by atoms with E-state index in [1.165, 1.54) is 37.6 Å². The molecule has 0 fully saturated rings. The Hall–Kier alpha value is -5.08. The second-order valence-corrected chi connectivity index (χ2v) is 11.6. The number of rotatable bonds is 14. The molecule has 0 aliphatic carbocycles. The monoisotopic (exact) mass is 709 g/mol. The van der Waals surface area contributed by atoms with Crippen molar-refractivity contribution in [1.29, 1.82) is 0 Å². The maximum Gasteiger partial charge on any atom is 0.416 e. The van der Waals surface area contributed by atoms with E-state index in [0.717, 1.165) is 0 Å². The van der Waals surface area contributed by atoms with E-state index in [0.29, 0.717) is 40.1 Å². The summed E-state index contributed by atoms with van der Waals surface area (Å²) in [5.74, 6) is -1.03. The summed E-state index contributed by atoms with van der Waals surface area (Å²) in [6, 6.07) is 9.16. The summed E-state index contributed by atoms with van der Waals surface area (Å²) in [6.07, 6.45) is -7.55. The van der Waals surface area contributed by atoms with Crippen LogP contribution in [0.15, 0.2) is 60.9 Å². The van der Waals surface area contributed by atoms with Crippen LogP contribution in [0.2, 0.25) is 0 Å². The average molecular weight is 710 g/mol. The fraction of sp³-hybridized carbons (Fsp3) is 0.343. The van der Waals surface area contributed by atoms with Gasteiger partial charge < -0.3 is 24.2 Å². The van der Waals surface area contributed by atoms with Crippen LogP contribution in [0.3, 0.4) is 0 Å². The molecule has 0 saturated heterocycles. The molecule has 0 atom stereocenters. The molecule has 4 aromatic rings. The summed E-state index contributed by atoms with van der Waals surface area (Å²) >= 11 is 0. The lowest BCUT2D eigenvalue weighted by Crippen LogP contribution is -2.25. The molecule has 0 aliphatic rings. The second kappa shape index (κ2) is 15.6. The molecule has 50 heavy (non-hydrogen) atoms. The Morgan fingerprint density at radius 1 is 0.840 bits per heavy atom. The standard InChI is InChI=1S/C35H34F7N3O5/c1-20(2)28-14-29(31(49-4)15-30(28)36)27-8-7-25(48-3)12-22(27)19-45(33-43-16-26(17-44-33)50-9-5-6-32(46)47)18-21-10-23(34(37,38)39)13-24(11-21)35(40,41)42/h7-8,10-17,20H,5-6,9,18-19H2,1-4H3,(H,46,47). The van der Waals surface area contributed by atoms with Crippen molar-refractivity contribution in [2.75, 3.05) is 25.7 Å². The molecule has 1 N–H and O–H groups in total. The number of carboxylic acid groups (broad SMARTS) is 1. The molecule has 0 aliphatic heterocycles. The van der Waals surface area contributed by atoms with Gasteiger partial charge in [-0.05, 0) is 71.0 Å². The van der Waals surface area contributed by atoms with E-state index in [2.05, 4.69) is 9.97 Å². The van der Waals surface area contributed by atoms with Crippen molar-refractivity contribution in [2.45, 2.75) is 58.0 Å². The Morgan fingerprint density at radius 3 is 2.02 bits per heavy atom. The third kappa shape index (κ3) is 9.54. The molecule has 3 aromatic carbocycles. The van der Waals surface area contributed by atoms with Gasteiger partial charge in [0.1, 0.15) is 17.3 Å². The topological polar surface area (TPSA) is 94.0 Å². The van der Waals surface area contributed by atoms with Crippen LogP contribution in [0.1, 0.15) is 60.4 Å². The van der Waals surface area contributed by atoms with Crippen molar-refractivity contribution >= 4 is 11.9 Å². The molecule has 0 amide bonds. The highest BCUT2D eigenvalue weighted by atomic mass is 19.4. The minimum Gasteiger partial charge on any atom is -0.497 e. The van der Waals surface area contributed by atoms with E-state index >= 15 is 0 Å². The first-order valence-electron chi connectivity index (χ1n) is 15.2. The van der Waals surface area contributed by atoms with Crippen LogP contribution in [0.25, 0.3) is 11.1 Å². The quantitative estimate of drug-likeness (QED) is 0.103. The third-order valence-corrected chi connectivity index (χ3v) is 7.63. The Morgan fingerprint density at radius 2 is 1.48 bits per heavy atom. The molecule has 0 saturated carbocycles. The molecule has 15 heteroatoms. The first-order valence-corrected chi connectivity index (χ1v) is 15.2. The van der Waals surface area contributed by atoms with Gasteiger partial charge in [0.15, 0.2) is 5.75 Å². The lowest BCUT2D eigenvalue weighted by atomic mass is 9.93. The van der Waals surface area contributed by atoms with Gasteiger partial charge in [-0.25, -0.2) is 14.4 Å². The summed E-state index contributed by atoms with van der Waals surface area (Å²) < 4.78 is 114. The maximum atomic E-state index is 15.0. The van der Waals surface area contributed by atoms with E-state index in [-0.39, 0.29) is 61.0 Å². The van der Waals surface area contributed by atoms with Crippen molar-refractivity contribution in [2.24, 2.45) is 0 Å². The number of anilines is 1. The number of carbonyl (C=O) groups is 1. The maximum absolute atomic E-state index is 15.0. The molecule has 268 valence electrons. The van der Waals surface area contributed by atoms with Crippen LogP contribution in [0.5, 0.6) is 17.2 Å². The number of halogens is 7. The molecule has 0 bridgehead atoms. The van der Waals surface area contributed by atoms with Crippen LogP contribution >= 0.6 is 0 Å². The van der Waals surface area contributed by atoms with Crippen molar-refractivity contribution in [3.8, 4) is 28.4 Å². The Bertz CT molecular complexity index is 1760. The summed E-state index contributed by atoms with van der Waals surface area (Å²) in [4.78, 5) is 20.7. The zero-order valence-electron chi connectivity index (χ0n) is 27.5. The number of benzene rings is 3. The van der Waals surface area contributed by atoms with E-state index < -0.39 is 41.8 Å². The molecular weight excluding hydrogens is 675 g/mol. The van der Waals surface area contributed by atoms with Crippen molar-refractivity contribution < 1.29 is 54.8 Å². The molecule has 1 heterocycles. The van der Waals surface area contributed by atoms with Gasteiger partial charge in [0.2, 0.25) is 5.95 Å². The summed E-state index contributed by atoms with van der Waals surface area (Å²) in [5, 5.41) is 8.84. The number of methoxy groups -OCH3 is 2. The fourth-order valence-corrected chi connectivity index (χ4v) is 5.18. The summed E-state index contributed by atoms with van der Waals surface area (Å²) in [6.45, 7) is 2.99. The highest BCUT2D eigenvalue weighted by molar-refractivity contribution is 5.75. The molecule has 0 radical (unpaired) electrons. The number of hydrogen-bond acceptors (Lipinski definition) is 7. The first kappa shape index (κ1) is 37.7. The number of ether oxygens (including phenoxy) is 3. The van der Waals surface area contributed by atoms with Gasteiger partial charge in [0.25, 0.3) is 0 Å². The number of aliphatic carboxylic acids is 1. The number of nitrogens with zero attached hydrogens (tertiary/aromatic N) is 3. The Kier molecular flexibility index (Phi) is 11.8. The van der Waals surface area contributed by atoms with Crippen molar-refractivity contribution in [3.63, 3.8) is 0 Å². The second-order valence-electron chi connectivity index (χ2n) is 11.6. The van der Waals surface area contributed by atoms with Gasteiger partial charge in [-0.15, -0.1) is 0 Å². The van der Waals surface area contributed by atoms with E-state index in [4.69, 9.17) is 19.3 Å². The van der Waals surface area contributed by atoms with E-state index in [1.54, 1.807) is 24.3 Å². The van der Waals surface area contributed by atoms with Crippen molar-refractivity contribution in [3.05, 3.63) is 94.6 Å². The highest BCUT2D eigenvalue weighted by Gasteiger charge is 2.37. The molecule has 0 spiro atoms. The largest absolute Gasteiger partial charge is 0.497 e. The number of aromatic nitrogens is 2. The summed E-state index contributed by atoms with van der Waals surface area (Å²) in [5.41, 5.74) is -1.40. The minimum atomic E-state index is -5.07. The summed E-state index contributed by atoms with van der Waals surface area (Å²) in [7, 11) is 2.79. The number of carboxylic acids is 1. The van der Waals surface area contributed by atoms with Crippen LogP contribution < -0.4 is 19.1 Å². The molecule has 8 nitrogen and oxygen atoms in total. The normalized spacial score (nSPS) is 11.8. The van der Waals surface area contributed by atoms with Gasteiger partial charge in [0.05, 0.1) is 44.3 Å². The van der Waals surface area contributed by atoms with Gasteiger partial charge in [-0.2, -0.15) is 26.3 Å². The van der Waals surface area contributed by atoms with Crippen LogP contribution in [-0.4, -0.2) is 41.9 Å². The van der Waals surface area contributed by atoms with Gasteiger partial charge in [0, 0.05) is 31.1 Å². The number of alkyl halides is 6. The highest BCUT2D eigenvalue weighted by Crippen LogP contribution is 2.40. The Labute approximate surface area is 283 Å². The first-order chi connectivity index (χ1) is 23.5. The molecule has 1 aromatic heterocycles. The zero-order valence-corrected chi connectivity index (χ0v) is 27.5. The van der Waals surface area contributed by atoms with E-state index in [9.17, 15) is 35.5 Å². The molecule has 4 rings (SSSR count). The number of hydrogen-bond donors (Lipinski definition) is 1. The smallest absolute Gasteiger partial charge is 0.416 e. The Balaban J connectivity index is 1.84. The zero-order chi connectivity index (χ0) is 36.8. The minimum absolute atomic E-state index is 0.0359. The molecule has 0 unspecified atom stereocenters. The predicted molar refractivity (Wildman–Crippen MR) is 170 cm³/mol. The average Bonchev–Trinajstić information content (AvgIpc) is 3.05. The molecular formula is C35H34F7N3O5. The van der Waals surface area contributed by atoms with Crippen LogP contribution in [0.4, 0.5) is 36.7 Å². The van der Waals surface area contributed by atoms with Crippen LogP contribution in [-0.2, 0) is 30.2 Å². The SMILES string of the molecule is COc1ccc(-c2cc(C(C)C)c(F)cc2OC)c(CN(Cc2cc(C(F)(F)F)cc(C(F)(F)F)c2)c2ncc(OCCCC(=O)O)cn2)c1. The van der Waals surface area contributed by atoms with Gasteiger partial charge >= 0.3 is 18.3 Å². The van der Waals surface area contributed by atoms with Crippen molar-refractivity contribution in [1.82, 2.24) is 9.97 Å². The predicted octanol–water partition coefficient (Wildman–Crippen LogP) is 8.91. The van der Waals surface area contributed by atoms with Gasteiger partial charge in [-0.3, -0.25) is 4.79 Å².